The highest BCUT2D eigenvalue weighted by Crippen LogP contribution is 2.36. The van der Waals surface area contributed by atoms with E-state index in [2.05, 4.69) is 59.7 Å². The number of hydrogen-bond donors (Lipinski definition) is 0. The quantitative estimate of drug-likeness (QED) is 0.388. The Morgan fingerprint density at radius 1 is 1.00 bits per heavy atom. The summed E-state index contributed by atoms with van der Waals surface area (Å²) < 4.78 is 13.3. The molecule has 4 aromatic rings. The summed E-state index contributed by atoms with van der Waals surface area (Å²) in [6.07, 6.45) is 0.954. The van der Waals surface area contributed by atoms with Crippen LogP contribution in [0, 0.1) is 13.8 Å². The molecule has 1 amide bonds. The fourth-order valence-corrected chi connectivity index (χ4v) is 5.73. The zero-order valence-electron chi connectivity index (χ0n) is 22.4. The van der Waals surface area contributed by atoms with Crippen LogP contribution in [0.3, 0.4) is 0 Å². The predicted molar refractivity (Wildman–Crippen MR) is 149 cm³/mol. The number of rotatable bonds is 5. The van der Waals surface area contributed by atoms with Crippen LogP contribution in [-0.2, 0) is 24.2 Å². The van der Waals surface area contributed by atoms with Crippen molar-refractivity contribution in [1.29, 1.82) is 0 Å². The second kappa shape index (κ2) is 10.1. The Kier molecular flexibility index (Phi) is 6.54. The molecule has 0 saturated carbocycles. The summed E-state index contributed by atoms with van der Waals surface area (Å²) in [4.78, 5) is 22.9. The molecule has 0 spiro atoms. The molecule has 4 heterocycles. The summed E-state index contributed by atoms with van der Waals surface area (Å²) in [5, 5.41) is 1.09. The first-order valence-corrected chi connectivity index (χ1v) is 13.4. The van der Waals surface area contributed by atoms with E-state index >= 15 is 0 Å². The average molecular weight is 511 g/mol. The lowest BCUT2D eigenvalue weighted by atomic mass is 10.00. The molecule has 2 aromatic carbocycles. The lowest BCUT2D eigenvalue weighted by Crippen LogP contribution is -2.41. The number of aryl methyl sites for hydroxylation is 1. The first kappa shape index (κ1) is 24.5. The number of morpholine rings is 1. The number of pyridine rings is 1. The van der Waals surface area contributed by atoms with Gasteiger partial charge in [0.1, 0.15) is 11.4 Å². The van der Waals surface area contributed by atoms with E-state index in [4.69, 9.17) is 14.5 Å². The molecule has 6 rings (SSSR count). The van der Waals surface area contributed by atoms with Gasteiger partial charge in [0.25, 0.3) is 5.91 Å². The number of anilines is 1. The molecule has 0 aliphatic carbocycles. The van der Waals surface area contributed by atoms with Crippen molar-refractivity contribution in [2.45, 2.75) is 33.4 Å². The molecular weight excluding hydrogens is 476 g/mol. The fraction of sp³-hybridized carbons (Fsp3) is 0.355. The summed E-state index contributed by atoms with van der Waals surface area (Å²) in [5.41, 5.74) is 7.82. The molecule has 1 fully saturated rings. The Morgan fingerprint density at radius 3 is 2.58 bits per heavy atom. The Labute approximate surface area is 223 Å². The van der Waals surface area contributed by atoms with Gasteiger partial charge in [0.05, 0.1) is 25.8 Å². The SMILES string of the molecule is COc1cccc(Cn2c(C)c(C)c3cc(C(=O)N4CCOCC4)nc(N4CCc5ccccc5C4)c32)c1. The van der Waals surface area contributed by atoms with Crippen molar-refractivity contribution in [2.75, 3.05) is 44.9 Å². The predicted octanol–water partition coefficient (Wildman–Crippen LogP) is 4.75. The third-order valence-electron chi connectivity index (χ3n) is 8.02. The first-order valence-electron chi connectivity index (χ1n) is 13.4. The van der Waals surface area contributed by atoms with E-state index in [1.807, 2.05) is 23.1 Å². The monoisotopic (exact) mass is 510 g/mol. The molecule has 1 saturated heterocycles. The smallest absolute Gasteiger partial charge is 0.272 e. The van der Waals surface area contributed by atoms with Crippen LogP contribution in [0.15, 0.2) is 54.6 Å². The van der Waals surface area contributed by atoms with Gasteiger partial charge in [-0.15, -0.1) is 0 Å². The number of carbonyl (C=O) groups excluding carboxylic acids is 1. The van der Waals surface area contributed by atoms with Gasteiger partial charge in [-0.1, -0.05) is 36.4 Å². The lowest BCUT2D eigenvalue weighted by molar-refractivity contribution is 0.0299. The number of aromatic nitrogens is 2. The van der Waals surface area contributed by atoms with Crippen LogP contribution < -0.4 is 9.64 Å². The molecule has 196 valence electrons. The molecule has 7 nitrogen and oxygen atoms in total. The highest BCUT2D eigenvalue weighted by Gasteiger charge is 2.27. The minimum absolute atomic E-state index is 0.0218. The zero-order valence-corrected chi connectivity index (χ0v) is 22.4. The summed E-state index contributed by atoms with van der Waals surface area (Å²) in [6, 6.07) is 18.8. The van der Waals surface area contributed by atoms with Gasteiger partial charge in [-0.2, -0.15) is 0 Å². The molecule has 2 aliphatic rings. The third-order valence-corrected chi connectivity index (χ3v) is 8.02. The standard InChI is InChI=1S/C31H34N4O3/c1-21-22(2)35(19-23-7-6-10-26(17-23)37-3)29-27(21)18-28(31(36)33-13-15-38-16-14-33)32-30(29)34-12-11-24-8-4-5-9-25(24)20-34/h4-10,17-18H,11-16,19-20H2,1-3H3. The van der Waals surface area contributed by atoms with Gasteiger partial charge < -0.3 is 23.8 Å². The van der Waals surface area contributed by atoms with Crippen molar-refractivity contribution < 1.29 is 14.3 Å². The Hall–Kier alpha value is -3.84. The van der Waals surface area contributed by atoms with Crippen LogP contribution in [-0.4, -0.2) is 60.3 Å². The van der Waals surface area contributed by atoms with Crippen molar-refractivity contribution in [2.24, 2.45) is 0 Å². The van der Waals surface area contributed by atoms with Crippen LogP contribution in [0.25, 0.3) is 10.9 Å². The second-order valence-electron chi connectivity index (χ2n) is 10.2. The van der Waals surface area contributed by atoms with Crippen molar-refractivity contribution >= 4 is 22.6 Å². The van der Waals surface area contributed by atoms with Crippen LogP contribution in [0.5, 0.6) is 5.75 Å². The van der Waals surface area contributed by atoms with Crippen LogP contribution in [0.2, 0.25) is 0 Å². The molecule has 0 radical (unpaired) electrons. The molecular formula is C31H34N4O3. The highest BCUT2D eigenvalue weighted by atomic mass is 16.5. The van der Waals surface area contributed by atoms with Gasteiger partial charge in [0.2, 0.25) is 0 Å². The van der Waals surface area contributed by atoms with E-state index in [-0.39, 0.29) is 5.91 Å². The highest BCUT2D eigenvalue weighted by molar-refractivity contribution is 6.01. The van der Waals surface area contributed by atoms with Gasteiger partial charge >= 0.3 is 0 Å². The lowest BCUT2D eigenvalue weighted by Gasteiger charge is -2.31. The summed E-state index contributed by atoms with van der Waals surface area (Å²) in [7, 11) is 1.70. The van der Waals surface area contributed by atoms with Gasteiger partial charge in [-0.3, -0.25) is 4.79 Å². The van der Waals surface area contributed by atoms with Gasteiger partial charge in [-0.25, -0.2) is 4.98 Å². The number of benzene rings is 2. The summed E-state index contributed by atoms with van der Waals surface area (Å²) in [5.74, 6) is 1.71. The van der Waals surface area contributed by atoms with Gasteiger partial charge in [0, 0.05) is 43.8 Å². The van der Waals surface area contributed by atoms with Crippen LogP contribution in [0.1, 0.15) is 38.4 Å². The van der Waals surface area contributed by atoms with E-state index in [0.29, 0.717) is 38.5 Å². The fourth-order valence-electron chi connectivity index (χ4n) is 5.73. The van der Waals surface area contributed by atoms with Crippen molar-refractivity contribution in [3.05, 3.63) is 88.2 Å². The maximum Gasteiger partial charge on any atom is 0.272 e. The van der Waals surface area contributed by atoms with Gasteiger partial charge in [0.15, 0.2) is 5.82 Å². The number of hydrogen-bond acceptors (Lipinski definition) is 5. The molecule has 0 bridgehead atoms. The summed E-state index contributed by atoms with van der Waals surface area (Å²) in [6.45, 7) is 8.97. The number of methoxy groups -OCH3 is 1. The van der Waals surface area contributed by atoms with E-state index in [1.54, 1.807) is 7.11 Å². The minimum Gasteiger partial charge on any atom is -0.497 e. The molecule has 38 heavy (non-hydrogen) atoms. The molecule has 0 unspecified atom stereocenters. The van der Waals surface area contributed by atoms with E-state index in [0.717, 1.165) is 47.5 Å². The number of fused-ring (bicyclic) bond motifs is 2. The third kappa shape index (κ3) is 4.41. The molecule has 7 heteroatoms. The molecule has 2 aliphatic heterocycles. The van der Waals surface area contributed by atoms with Crippen molar-refractivity contribution in [1.82, 2.24) is 14.5 Å². The maximum atomic E-state index is 13.6. The average Bonchev–Trinajstić information content (AvgIpc) is 3.21. The molecule has 0 N–H and O–H groups in total. The Morgan fingerprint density at radius 2 is 1.79 bits per heavy atom. The van der Waals surface area contributed by atoms with Crippen molar-refractivity contribution in [3.63, 3.8) is 0 Å². The largest absolute Gasteiger partial charge is 0.497 e. The number of ether oxygens (including phenoxy) is 2. The number of amides is 1. The van der Waals surface area contributed by atoms with Crippen LogP contribution in [0.4, 0.5) is 5.82 Å². The normalized spacial score (nSPS) is 15.6. The van der Waals surface area contributed by atoms with Crippen molar-refractivity contribution in [3.8, 4) is 5.75 Å². The topological polar surface area (TPSA) is 59.8 Å². The van der Waals surface area contributed by atoms with Crippen LogP contribution >= 0.6 is 0 Å². The number of carbonyl (C=O) groups is 1. The van der Waals surface area contributed by atoms with E-state index in [1.165, 1.54) is 22.4 Å². The Bertz CT molecular complexity index is 1500. The minimum atomic E-state index is -0.0218. The second-order valence-corrected chi connectivity index (χ2v) is 10.2. The summed E-state index contributed by atoms with van der Waals surface area (Å²) >= 11 is 0. The Balaban J connectivity index is 1.50. The van der Waals surface area contributed by atoms with E-state index in [9.17, 15) is 4.79 Å². The first-order chi connectivity index (χ1) is 18.5. The number of nitrogens with zero attached hydrogens (tertiary/aromatic N) is 4. The zero-order chi connectivity index (χ0) is 26.2. The molecule has 2 aromatic heterocycles. The van der Waals surface area contributed by atoms with E-state index < -0.39 is 0 Å². The molecule has 0 atom stereocenters. The maximum absolute atomic E-state index is 13.6. The van der Waals surface area contributed by atoms with Gasteiger partial charge in [-0.05, 0) is 60.7 Å².